The van der Waals surface area contributed by atoms with E-state index in [1.165, 1.54) is 24.9 Å². The molecule has 5 heteroatoms. The van der Waals surface area contributed by atoms with E-state index in [0.29, 0.717) is 12.1 Å². The normalized spacial score (nSPS) is 19.8. The van der Waals surface area contributed by atoms with Crippen LogP contribution in [0.3, 0.4) is 0 Å². The lowest BCUT2D eigenvalue weighted by Gasteiger charge is -2.26. The highest BCUT2D eigenvalue weighted by Crippen LogP contribution is 2.15. The first kappa shape index (κ1) is 19.7. The maximum absolute atomic E-state index is 5.22. The third-order valence-electron chi connectivity index (χ3n) is 4.90. The number of nitrogens with one attached hydrogen (secondary N) is 2. The summed E-state index contributed by atoms with van der Waals surface area (Å²) in [6.45, 7) is 6.16. The molecule has 1 aromatic carbocycles. The standard InChI is InChI=1S/C20H34N4O/c1-17(11-12-18-8-5-4-6-9-18)23-20(21-2)22-16-19-10-7-13-24(19)14-15-25-3/h4-6,8-9,17,19H,7,10-16H2,1-3H3,(H2,21,22,23). The van der Waals surface area contributed by atoms with Gasteiger partial charge in [-0.25, -0.2) is 0 Å². The summed E-state index contributed by atoms with van der Waals surface area (Å²) in [7, 11) is 3.61. The molecule has 0 saturated carbocycles. The average molecular weight is 347 g/mol. The van der Waals surface area contributed by atoms with Crippen LogP contribution in [0.25, 0.3) is 0 Å². The molecule has 140 valence electrons. The molecule has 0 amide bonds. The second-order valence-electron chi connectivity index (χ2n) is 6.85. The summed E-state index contributed by atoms with van der Waals surface area (Å²) >= 11 is 0. The SMILES string of the molecule is CN=C(NCC1CCCN1CCOC)NC(C)CCc1ccccc1. The molecule has 1 aromatic rings. The first-order chi connectivity index (χ1) is 12.2. The molecule has 1 aliphatic rings. The molecule has 2 N–H and O–H groups in total. The number of aliphatic imine (C=N–C) groups is 1. The number of methoxy groups -OCH3 is 1. The van der Waals surface area contributed by atoms with Crippen molar-refractivity contribution in [1.82, 2.24) is 15.5 Å². The first-order valence-electron chi connectivity index (χ1n) is 9.47. The van der Waals surface area contributed by atoms with Gasteiger partial charge < -0.3 is 15.4 Å². The molecule has 0 spiro atoms. The van der Waals surface area contributed by atoms with E-state index >= 15 is 0 Å². The van der Waals surface area contributed by atoms with Crippen molar-refractivity contribution in [1.29, 1.82) is 0 Å². The van der Waals surface area contributed by atoms with E-state index in [-0.39, 0.29) is 0 Å². The minimum absolute atomic E-state index is 0.388. The molecule has 5 nitrogen and oxygen atoms in total. The van der Waals surface area contributed by atoms with Gasteiger partial charge in [0, 0.05) is 39.3 Å². The lowest BCUT2D eigenvalue weighted by Crippen LogP contribution is -2.47. The van der Waals surface area contributed by atoms with Crippen molar-refractivity contribution in [2.75, 3.05) is 40.4 Å². The van der Waals surface area contributed by atoms with Crippen LogP contribution in [0, 0.1) is 0 Å². The van der Waals surface area contributed by atoms with E-state index in [1.807, 2.05) is 7.05 Å². The Balaban J connectivity index is 1.70. The molecule has 2 rings (SSSR count). The number of guanidine groups is 1. The van der Waals surface area contributed by atoms with Crippen LogP contribution in [0.15, 0.2) is 35.3 Å². The average Bonchev–Trinajstić information content (AvgIpc) is 3.10. The summed E-state index contributed by atoms with van der Waals surface area (Å²) in [4.78, 5) is 6.90. The van der Waals surface area contributed by atoms with Crippen LogP contribution in [-0.2, 0) is 11.2 Å². The summed E-state index contributed by atoms with van der Waals surface area (Å²) in [5, 5.41) is 7.02. The summed E-state index contributed by atoms with van der Waals surface area (Å²) in [6, 6.07) is 11.6. The third-order valence-corrected chi connectivity index (χ3v) is 4.90. The molecule has 1 heterocycles. The number of nitrogens with zero attached hydrogens (tertiary/aromatic N) is 2. The Bertz CT molecular complexity index is 506. The highest BCUT2D eigenvalue weighted by Gasteiger charge is 2.24. The van der Waals surface area contributed by atoms with Crippen LogP contribution in [0.1, 0.15) is 31.7 Å². The Morgan fingerprint density at radius 2 is 2.16 bits per heavy atom. The molecule has 0 aliphatic carbocycles. The number of ether oxygens (including phenoxy) is 1. The van der Waals surface area contributed by atoms with Crippen LogP contribution >= 0.6 is 0 Å². The fourth-order valence-corrected chi connectivity index (χ4v) is 3.37. The number of rotatable bonds is 9. The van der Waals surface area contributed by atoms with Crippen molar-refractivity contribution < 1.29 is 4.74 Å². The Morgan fingerprint density at radius 1 is 1.36 bits per heavy atom. The van der Waals surface area contributed by atoms with Gasteiger partial charge in [0.05, 0.1) is 6.61 Å². The third kappa shape index (κ3) is 7.04. The topological polar surface area (TPSA) is 48.9 Å². The maximum atomic E-state index is 5.22. The van der Waals surface area contributed by atoms with Crippen molar-refractivity contribution in [2.24, 2.45) is 4.99 Å². The monoisotopic (exact) mass is 346 g/mol. The largest absolute Gasteiger partial charge is 0.383 e. The Hall–Kier alpha value is -1.59. The van der Waals surface area contributed by atoms with E-state index in [0.717, 1.165) is 38.5 Å². The Kier molecular flexibility index (Phi) is 8.77. The Labute approximate surface area is 152 Å². The van der Waals surface area contributed by atoms with Gasteiger partial charge in [0.15, 0.2) is 5.96 Å². The van der Waals surface area contributed by atoms with Gasteiger partial charge in [-0.3, -0.25) is 9.89 Å². The predicted molar refractivity (Wildman–Crippen MR) is 105 cm³/mol. The second-order valence-corrected chi connectivity index (χ2v) is 6.85. The van der Waals surface area contributed by atoms with E-state index in [9.17, 15) is 0 Å². The highest BCUT2D eigenvalue weighted by molar-refractivity contribution is 5.79. The predicted octanol–water partition coefficient (Wildman–Crippen LogP) is 2.28. The molecule has 1 saturated heterocycles. The van der Waals surface area contributed by atoms with Gasteiger partial charge in [-0.1, -0.05) is 30.3 Å². The lowest BCUT2D eigenvalue weighted by molar-refractivity contribution is 0.141. The van der Waals surface area contributed by atoms with Gasteiger partial charge in [-0.15, -0.1) is 0 Å². The maximum Gasteiger partial charge on any atom is 0.191 e. The fourth-order valence-electron chi connectivity index (χ4n) is 3.37. The van der Waals surface area contributed by atoms with Crippen molar-refractivity contribution in [3.63, 3.8) is 0 Å². The van der Waals surface area contributed by atoms with E-state index in [1.54, 1.807) is 7.11 Å². The molecule has 0 bridgehead atoms. The molecule has 1 fully saturated rings. The molecule has 0 radical (unpaired) electrons. The van der Waals surface area contributed by atoms with Crippen LogP contribution in [-0.4, -0.2) is 63.3 Å². The van der Waals surface area contributed by atoms with Crippen LogP contribution in [0.2, 0.25) is 0 Å². The summed E-state index contributed by atoms with van der Waals surface area (Å²) in [5.74, 6) is 0.902. The highest BCUT2D eigenvalue weighted by atomic mass is 16.5. The van der Waals surface area contributed by atoms with Crippen LogP contribution < -0.4 is 10.6 Å². The number of likely N-dealkylation sites (tertiary alicyclic amines) is 1. The summed E-state index contributed by atoms with van der Waals surface area (Å²) < 4.78 is 5.22. The molecular formula is C20H34N4O. The molecule has 2 atom stereocenters. The fraction of sp³-hybridized carbons (Fsp3) is 0.650. The smallest absolute Gasteiger partial charge is 0.191 e. The van der Waals surface area contributed by atoms with Crippen molar-refractivity contribution in [3.8, 4) is 0 Å². The van der Waals surface area contributed by atoms with Gasteiger partial charge in [0.2, 0.25) is 0 Å². The zero-order valence-corrected chi connectivity index (χ0v) is 16.0. The molecular weight excluding hydrogens is 312 g/mol. The zero-order chi connectivity index (χ0) is 17.9. The van der Waals surface area contributed by atoms with Crippen LogP contribution in [0.4, 0.5) is 0 Å². The first-order valence-corrected chi connectivity index (χ1v) is 9.47. The van der Waals surface area contributed by atoms with Gasteiger partial charge in [-0.2, -0.15) is 0 Å². The summed E-state index contributed by atoms with van der Waals surface area (Å²) in [6.07, 6.45) is 4.69. The van der Waals surface area contributed by atoms with Gasteiger partial charge in [0.25, 0.3) is 0 Å². The van der Waals surface area contributed by atoms with Gasteiger partial charge >= 0.3 is 0 Å². The minimum Gasteiger partial charge on any atom is -0.383 e. The summed E-state index contributed by atoms with van der Waals surface area (Å²) in [5.41, 5.74) is 1.39. The number of benzene rings is 1. The van der Waals surface area contributed by atoms with Crippen LogP contribution in [0.5, 0.6) is 0 Å². The number of aryl methyl sites for hydroxylation is 1. The minimum atomic E-state index is 0.388. The second kappa shape index (κ2) is 11.1. The van der Waals surface area contributed by atoms with Gasteiger partial charge in [0.1, 0.15) is 0 Å². The lowest BCUT2D eigenvalue weighted by atomic mass is 10.1. The Morgan fingerprint density at radius 3 is 2.88 bits per heavy atom. The van der Waals surface area contributed by atoms with Crippen molar-refractivity contribution in [3.05, 3.63) is 35.9 Å². The van der Waals surface area contributed by atoms with E-state index < -0.39 is 0 Å². The quantitative estimate of drug-likeness (QED) is 0.532. The van der Waals surface area contributed by atoms with E-state index in [2.05, 4.69) is 57.8 Å². The molecule has 1 aliphatic heterocycles. The van der Waals surface area contributed by atoms with Crippen molar-refractivity contribution >= 4 is 5.96 Å². The molecule has 2 unspecified atom stereocenters. The van der Waals surface area contributed by atoms with Crippen molar-refractivity contribution in [2.45, 2.75) is 44.7 Å². The zero-order valence-electron chi connectivity index (χ0n) is 16.0. The molecule has 0 aromatic heterocycles. The van der Waals surface area contributed by atoms with E-state index in [4.69, 9.17) is 4.74 Å². The number of hydrogen-bond donors (Lipinski definition) is 2. The van der Waals surface area contributed by atoms with Gasteiger partial charge in [-0.05, 0) is 44.7 Å². The molecule has 25 heavy (non-hydrogen) atoms. The number of hydrogen-bond acceptors (Lipinski definition) is 3.